The Hall–Kier alpha value is -1.02. The van der Waals surface area contributed by atoms with Gasteiger partial charge in [0.05, 0.1) is 0 Å². The topological polar surface area (TPSA) is 40.1 Å². The van der Waals surface area contributed by atoms with E-state index in [9.17, 15) is 0 Å². The molecular weight excluding hydrogens is 439 g/mol. The number of rotatable bonds is 6. The highest BCUT2D eigenvalue weighted by Crippen LogP contribution is 2.46. The summed E-state index contributed by atoms with van der Waals surface area (Å²) in [7, 11) is 5.95. The quantitative estimate of drug-likeness (QED) is 0.390. The first-order valence-electron chi connectivity index (χ1n) is 9.02. The van der Waals surface area contributed by atoms with Gasteiger partial charge in [0.15, 0.2) is 5.96 Å². The number of hydrogen-bond donors (Lipinski definition) is 1. The van der Waals surface area contributed by atoms with Gasteiger partial charge in [-0.1, -0.05) is 26.0 Å². The highest BCUT2D eigenvalue weighted by Gasteiger charge is 2.53. The van der Waals surface area contributed by atoms with Crippen molar-refractivity contribution >= 4 is 29.9 Å². The van der Waals surface area contributed by atoms with Gasteiger partial charge in [-0.3, -0.25) is 4.99 Å². The van der Waals surface area contributed by atoms with Crippen LogP contribution in [0, 0.1) is 5.41 Å². The molecule has 26 heavy (non-hydrogen) atoms. The molecule has 0 amide bonds. The zero-order valence-electron chi connectivity index (χ0n) is 17.3. The highest BCUT2D eigenvalue weighted by atomic mass is 127. The Balaban J connectivity index is 0.00000338. The molecule has 2 rings (SSSR count). The second kappa shape index (κ2) is 9.26. The monoisotopic (exact) mass is 474 g/mol. The molecule has 0 aromatic heterocycles. The molecule has 0 aliphatic carbocycles. The summed E-state index contributed by atoms with van der Waals surface area (Å²) in [6.07, 6.45) is 0. The minimum Gasteiger partial charge on any atom is -0.492 e. The molecule has 5 nitrogen and oxygen atoms in total. The van der Waals surface area contributed by atoms with Crippen LogP contribution < -0.4 is 10.1 Å². The van der Waals surface area contributed by atoms with E-state index in [0.29, 0.717) is 12.0 Å². The van der Waals surface area contributed by atoms with Gasteiger partial charge in [-0.05, 0) is 45.6 Å². The lowest BCUT2D eigenvalue weighted by atomic mass is 9.65. The molecule has 1 aliphatic rings. The summed E-state index contributed by atoms with van der Waals surface area (Å²) in [4.78, 5) is 8.94. The third-order valence-corrected chi connectivity index (χ3v) is 5.51. The fourth-order valence-corrected chi connectivity index (χ4v) is 2.97. The maximum atomic E-state index is 5.82. The van der Waals surface area contributed by atoms with Gasteiger partial charge in [-0.25, -0.2) is 0 Å². The largest absolute Gasteiger partial charge is 0.492 e. The molecule has 0 atom stereocenters. The molecule has 1 N–H and O–H groups in total. The van der Waals surface area contributed by atoms with Crippen molar-refractivity contribution in [2.75, 3.05) is 40.8 Å². The Morgan fingerprint density at radius 3 is 2.50 bits per heavy atom. The zero-order valence-corrected chi connectivity index (χ0v) is 19.6. The molecule has 1 aliphatic heterocycles. The maximum Gasteiger partial charge on any atom is 0.194 e. The van der Waals surface area contributed by atoms with E-state index in [1.807, 2.05) is 33.3 Å². The number of likely N-dealkylation sites (tertiary alicyclic amines) is 1. The van der Waals surface area contributed by atoms with Crippen molar-refractivity contribution in [1.82, 2.24) is 15.1 Å². The van der Waals surface area contributed by atoms with Crippen LogP contribution in [0.15, 0.2) is 29.3 Å². The average molecular weight is 474 g/mol. The lowest BCUT2D eigenvalue weighted by molar-refractivity contribution is -0.0667. The Morgan fingerprint density at radius 2 is 1.96 bits per heavy atom. The lowest BCUT2D eigenvalue weighted by Gasteiger charge is -2.62. The highest BCUT2D eigenvalue weighted by molar-refractivity contribution is 14.0. The normalized spacial score (nSPS) is 18.2. The molecule has 1 heterocycles. The molecular formula is C20H35IN4O. The van der Waals surface area contributed by atoms with E-state index in [0.717, 1.165) is 31.3 Å². The van der Waals surface area contributed by atoms with Crippen LogP contribution in [-0.4, -0.2) is 62.1 Å². The van der Waals surface area contributed by atoms with Gasteiger partial charge >= 0.3 is 0 Å². The number of ether oxygens (including phenoxy) is 1. The van der Waals surface area contributed by atoms with E-state index in [2.05, 4.69) is 59.9 Å². The fraction of sp³-hybridized carbons (Fsp3) is 0.650. The summed E-state index contributed by atoms with van der Waals surface area (Å²) in [5, 5.41) is 3.49. The predicted molar refractivity (Wildman–Crippen MR) is 121 cm³/mol. The Bertz CT molecular complexity index is 614. The molecule has 0 spiro atoms. The van der Waals surface area contributed by atoms with E-state index >= 15 is 0 Å². The van der Waals surface area contributed by atoms with Crippen molar-refractivity contribution < 1.29 is 4.74 Å². The molecule has 6 heteroatoms. The number of guanidine groups is 1. The smallest absolute Gasteiger partial charge is 0.194 e. The second-order valence-electron chi connectivity index (χ2n) is 8.23. The van der Waals surface area contributed by atoms with Gasteiger partial charge in [0.1, 0.15) is 12.4 Å². The minimum atomic E-state index is 0. The Labute approximate surface area is 176 Å². The van der Waals surface area contributed by atoms with Crippen molar-refractivity contribution in [3.63, 3.8) is 0 Å². The molecule has 1 aromatic carbocycles. The van der Waals surface area contributed by atoms with Crippen LogP contribution in [0.4, 0.5) is 0 Å². The number of likely N-dealkylation sites (N-methyl/N-ethyl adjacent to an activating group) is 1. The number of halogens is 1. The minimum absolute atomic E-state index is 0. The summed E-state index contributed by atoms with van der Waals surface area (Å²) in [5.41, 5.74) is 1.60. The van der Waals surface area contributed by atoms with E-state index in [1.165, 1.54) is 5.56 Å². The Morgan fingerprint density at radius 1 is 1.27 bits per heavy atom. The van der Waals surface area contributed by atoms with Crippen molar-refractivity contribution in [2.24, 2.45) is 10.4 Å². The third kappa shape index (κ3) is 5.25. The summed E-state index contributed by atoms with van der Waals surface area (Å²) >= 11 is 0. The van der Waals surface area contributed by atoms with Gasteiger partial charge < -0.3 is 19.9 Å². The second-order valence-corrected chi connectivity index (χ2v) is 8.23. The first-order chi connectivity index (χ1) is 11.7. The van der Waals surface area contributed by atoms with Gasteiger partial charge in [0.25, 0.3) is 0 Å². The van der Waals surface area contributed by atoms with E-state index in [-0.39, 0.29) is 29.5 Å². The van der Waals surface area contributed by atoms with Gasteiger partial charge in [-0.2, -0.15) is 0 Å². The summed E-state index contributed by atoms with van der Waals surface area (Å²) in [5.74, 6) is 1.88. The van der Waals surface area contributed by atoms with Gasteiger partial charge in [0.2, 0.25) is 0 Å². The van der Waals surface area contributed by atoms with Gasteiger partial charge in [-0.15, -0.1) is 24.0 Å². The fourth-order valence-electron chi connectivity index (χ4n) is 2.97. The lowest BCUT2D eigenvalue weighted by Crippen LogP contribution is -2.72. The van der Waals surface area contributed by atoms with Crippen LogP contribution >= 0.6 is 24.0 Å². The van der Waals surface area contributed by atoms with Crippen molar-refractivity contribution in [3.05, 3.63) is 29.8 Å². The predicted octanol–water partition coefficient (Wildman–Crippen LogP) is 3.44. The van der Waals surface area contributed by atoms with Crippen molar-refractivity contribution in [2.45, 2.75) is 39.8 Å². The number of hydrogen-bond acceptors (Lipinski definition) is 3. The summed E-state index contributed by atoms with van der Waals surface area (Å²) in [6, 6.07) is 8.27. The van der Waals surface area contributed by atoms with E-state index in [4.69, 9.17) is 4.74 Å². The molecule has 1 fully saturated rings. The molecule has 0 bridgehead atoms. The molecule has 0 saturated carbocycles. The van der Waals surface area contributed by atoms with E-state index < -0.39 is 0 Å². The number of aliphatic imine (C=N–C) groups is 1. The first-order valence-corrected chi connectivity index (χ1v) is 9.02. The summed E-state index contributed by atoms with van der Waals surface area (Å²) in [6.45, 7) is 12.6. The number of nitrogens with one attached hydrogen (secondary N) is 1. The summed E-state index contributed by atoms with van der Waals surface area (Å²) < 4.78 is 5.82. The average Bonchev–Trinajstić information content (AvgIpc) is 2.54. The SMILES string of the molecule is CN=C(NCc1cccc(OCCN(C)C)c1)N1CC(C)(C)C1(C)C.I. The van der Waals surface area contributed by atoms with Gasteiger partial charge in [0, 0.05) is 37.6 Å². The molecule has 0 unspecified atom stereocenters. The maximum absolute atomic E-state index is 5.82. The number of benzene rings is 1. The van der Waals surface area contributed by atoms with Crippen LogP contribution in [0.3, 0.4) is 0 Å². The molecule has 0 radical (unpaired) electrons. The van der Waals surface area contributed by atoms with Crippen LogP contribution in [0.2, 0.25) is 0 Å². The number of nitrogens with zero attached hydrogens (tertiary/aromatic N) is 3. The molecule has 148 valence electrons. The molecule has 1 aromatic rings. The van der Waals surface area contributed by atoms with Crippen LogP contribution in [0.25, 0.3) is 0 Å². The van der Waals surface area contributed by atoms with Crippen LogP contribution in [0.5, 0.6) is 5.75 Å². The first kappa shape index (κ1) is 23.0. The van der Waals surface area contributed by atoms with E-state index in [1.54, 1.807) is 0 Å². The van der Waals surface area contributed by atoms with Crippen LogP contribution in [-0.2, 0) is 6.54 Å². The van der Waals surface area contributed by atoms with Crippen molar-refractivity contribution in [3.8, 4) is 5.75 Å². The standard InChI is InChI=1S/C20H34N4O.HI/c1-19(2)15-24(20(19,3)4)18(21-5)22-14-16-9-8-10-17(13-16)25-12-11-23(6)7;/h8-10,13H,11-12,14-15H2,1-7H3,(H,21,22);1H. The zero-order chi connectivity index (χ0) is 18.7. The third-order valence-electron chi connectivity index (χ3n) is 5.51. The van der Waals surface area contributed by atoms with Crippen LogP contribution in [0.1, 0.15) is 33.3 Å². The van der Waals surface area contributed by atoms with Crippen molar-refractivity contribution in [1.29, 1.82) is 0 Å². The Kier molecular flexibility index (Phi) is 8.20. The molecule has 1 saturated heterocycles.